The van der Waals surface area contributed by atoms with Crippen LogP contribution < -0.4 is 10.6 Å². The molecule has 0 spiro atoms. The van der Waals surface area contributed by atoms with E-state index in [0.717, 1.165) is 25.5 Å². The van der Waals surface area contributed by atoms with Gasteiger partial charge in [0.2, 0.25) is 0 Å². The van der Waals surface area contributed by atoms with Crippen molar-refractivity contribution in [2.75, 3.05) is 26.7 Å². The number of carbonyl (C=O) groups excluding carboxylic acids is 1. The van der Waals surface area contributed by atoms with E-state index in [9.17, 15) is 13.6 Å². The van der Waals surface area contributed by atoms with Gasteiger partial charge in [-0.05, 0) is 36.6 Å². The molecule has 0 saturated carbocycles. The molecule has 2 aliphatic rings. The van der Waals surface area contributed by atoms with E-state index in [4.69, 9.17) is 0 Å². The number of amides is 2. The lowest BCUT2D eigenvalue weighted by molar-refractivity contribution is 0.180. The first-order valence-corrected chi connectivity index (χ1v) is 8.70. The number of piperidine rings is 1. The Morgan fingerprint density at radius 1 is 1.23 bits per heavy atom. The summed E-state index contributed by atoms with van der Waals surface area (Å²) >= 11 is 0. The summed E-state index contributed by atoms with van der Waals surface area (Å²) in [6.45, 7) is 2.37. The number of likely N-dealkylation sites (tertiary alicyclic amines) is 1. The van der Waals surface area contributed by atoms with Crippen LogP contribution in [0.2, 0.25) is 0 Å². The van der Waals surface area contributed by atoms with Gasteiger partial charge in [0.05, 0.1) is 6.54 Å². The molecule has 0 radical (unpaired) electrons. The molecule has 1 fully saturated rings. The molecule has 1 saturated heterocycles. The van der Waals surface area contributed by atoms with Crippen LogP contribution in [0.4, 0.5) is 13.6 Å². The zero-order chi connectivity index (χ0) is 18.5. The zero-order valence-electron chi connectivity index (χ0n) is 14.7. The molecule has 0 unspecified atom stereocenters. The number of benzene rings is 1. The van der Waals surface area contributed by atoms with Crippen molar-refractivity contribution in [3.05, 3.63) is 47.5 Å². The van der Waals surface area contributed by atoms with E-state index in [1.54, 1.807) is 16.0 Å². The Labute approximate surface area is 151 Å². The number of nitrogens with one attached hydrogen (secondary N) is 2. The van der Waals surface area contributed by atoms with Crippen molar-refractivity contribution in [1.29, 1.82) is 0 Å². The largest absolute Gasteiger partial charge is 0.324 e. The minimum absolute atomic E-state index is 0.158. The second-order valence-corrected chi connectivity index (χ2v) is 6.58. The average molecular weight is 363 g/mol. The van der Waals surface area contributed by atoms with Crippen molar-refractivity contribution >= 4 is 11.9 Å². The molecule has 0 aliphatic carbocycles. The lowest BCUT2D eigenvalue weighted by Gasteiger charge is -2.32. The average Bonchev–Trinajstić information content (AvgIpc) is 2.59. The molecule has 2 amide bonds. The Kier molecular flexibility index (Phi) is 5.82. The van der Waals surface area contributed by atoms with Gasteiger partial charge in [-0.25, -0.2) is 13.6 Å². The predicted octanol–water partition coefficient (Wildman–Crippen LogP) is 2.04. The monoisotopic (exact) mass is 363 g/mol. The first-order valence-electron chi connectivity index (χ1n) is 8.70. The van der Waals surface area contributed by atoms with Crippen molar-refractivity contribution in [2.45, 2.75) is 25.4 Å². The van der Waals surface area contributed by atoms with E-state index in [2.05, 4.69) is 15.7 Å². The normalized spacial score (nSPS) is 18.0. The summed E-state index contributed by atoms with van der Waals surface area (Å²) in [5, 5.41) is 12.1. The maximum absolute atomic E-state index is 13.2. The molecule has 1 aromatic carbocycles. The van der Waals surface area contributed by atoms with E-state index in [-0.39, 0.29) is 12.1 Å². The van der Waals surface area contributed by atoms with Crippen LogP contribution in [-0.4, -0.2) is 54.5 Å². The Morgan fingerprint density at radius 3 is 2.58 bits per heavy atom. The molecule has 0 atom stereocenters. The minimum Gasteiger partial charge on any atom is -0.324 e. The van der Waals surface area contributed by atoms with Crippen LogP contribution in [0, 0.1) is 11.6 Å². The van der Waals surface area contributed by atoms with Crippen LogP contribution in [0.15, 0.2) is 35.5 Å². The topological polar surface area (TPSA) is 60.0 Å². The van der Waals surface area contributed by atoms with Gasteiger partial charge in [0.15, 0.2) is 5.84 Å². The van der Waals surface area contributed by atoms with Crippen LogP contribution >= 0.6 is 0 Å². The van der Waals surface area contributed by atoms with Crippen molar-refractivity contribution in [1.82, 2.24) is 20.5 Å². The molecule has 0 bridgehead atoms. The Balaban J connectivity index is 1.43. The summed E-state index contributed by atoms with van der Waals surface area (Å²) in [4.78, 5) is 14.1. The van der Waals surface area contributed by atoms with Gasteiger partial charge in [-0.3, -0.25) is 10.3 Å². The Hall–Kier alpha value is -2.48. The minimum atomic E-state index is -0.571. The highest BCUT2D eigenvalue weighted by Crippen LogP contribution is 2.13. The van der Waals surface area contributed by atoms with Gasteiger partial charge in [-0.1, -0.05) is 6.08 Å². The van der Waals surface area contributed by atoms with Crippen molar-refractivity contribution in [3.63, 3.8) is 0 Å². The molecule has 8 heteroatoms. The highest BCUT2D eigenvalue weighted by Gasteiger charge is 2.23. The summed E-state index contributed by atoms with van der Waals surface area (Å²) < 4.78 is 26.4. The molecule has 2 N–H and O–H groups in total. The zero-order valence-corrected chi connectivity index (χ0v) is 14.7. The predicted molar refractivity (Wildman–Crippen MR) is 95.5 cm³/mol. The van der Waals surface area contributed by atoms with Gasteiger partial charge in [-0.2, -0.15) is 5.10 Å². The Morgan fingerprint density at radius 2 is 1.92 bits per heavy atom. The quantitative estimate of drug-likeness (QED) is 0.864. The fourth-order valence-corrected chi connectivity index (χ4v) is 3.09. The third-order valence-electron chi connectivity index (χ3n) is 4.46. The van der Waals surface area contributed by atoms with E-state index >= 15 is 0 Å². The number of hydrogen-bond acceptors (Lipinski definition) is 4. The molecule has 1 aromatic rings. The molecular formula is C18H23F2N5O. The van der Waals surface area contributed by atoms with Gasteiger partial charge >= 0.3 is 6.03 Å². The van der Waals surface area contributed by atoms with Crippen molar-refractivity contribution in [3.8, 4) is 0 Å². The molecule has 2 heterocycles. The van der Waals surface area contributed by atoms with E-state index in [1.165, 1.54) is 12.1 Å². The smallest absolute Gasteiger partial charge is 0.323 e. The fourth-order valence-electron chi connectivity index (χ4n) is 3.09. The molecule has 140 valence electrons. The van der Waals surface area contributed by atoms with Crippen LogP contribution in [0.3, 0.4) is 0 Å². The van der Waals surface area contributed by atoms with Crippen LogP contribution in [0.25, 0.3) is 0 Å². The van der Waals surface area contributed by atoms with Gasteiger partial charge in [0.1, 0.15) is 11.6 Å². The standard InChI is InChI=1S/C18H23F2N5O/c1-24-6-2-3-17(23-24)22-18(26)25-7-4-16(5-8-25)21-12-13-9-14(19)11-15(20)10-13/h2-3,9-11,16,21H,4-8,12H2,1H3,(H,22,23,26). The van der Waals surface area contributed by atoms with E-state index < -0.39 is 11.6 Å². The first-order chi connectivity index (χ1) is 12.5. The van der Waals surface area contributed by atoms with Crippen molar-refractivity contribution < 1.29 is 13.6 Å². The van der Waals surface area contributed by atoms with Crippen LogP contribution in [0.5, 0.6) is 0 Å². The first kappa shape index (κ1) is 18.3. The van der Waals surface area contributed by atoms with E-state index in [0.29, 0.717) is 31.0 Å². The third kappa shape index (κ3) is 5.01. The summed E-state index contributed by atoms with van der Waals surface area (Å²) in [6.07, 6.45) is 5.30. The number of likely N-dealkylation sites (N-methyl/N-ethyl adjacent to an activating group) is 1. The van der Waals surface area contributed by atoms with Gasteiger partial charge in [0.25, 0.3) is 0 Å². The highest BCUT2D eigenvalue weighted by atomic mass is 19.1. The molecule has 26 heavy (non-hydrogen) atoms. The summed E-state index contributed by atoms with van der Waals surface area (Å²) in [5.41, 5.74) is 0.578. The molecular weight excluding hydrogens is 340 g/mol. The summed E-state index contributed by atoms with van der Waals surface area (Å²) in [5.74, 6) is -0.602. The number of carbonyl (C=O) groups is 1. The maximum Gasteiger partial charge on any atom is 0.323 e. The SMILES string of the molecule is CN1CC=CC(NC(=O)N2CCC(NCc3cc(F)cc(F)c3)CC2)=N1. The number of amidine groups is 1. The van der Waals surface area contributed by atoms with Gasteiger partial charge in [-0.15, -0.1) is 0 Å². The Bertz CT molecular complexity index is 693. The number of urea groups is 1. The number of hydrogen-bond donors (Lipinski definition) is 2. The van der Waals surface area contributed by atoms with Crippen molar-refractivity contribution in [2.24, 2.45) is 5.10 Å². The van der Waals surface area contributed by atoms with Crippen LogP contribution in [0.1, 0.15) is 18.4 Å². The molecule has 3 rings (SSSR count). The molecule has 0 aromatic heterocycles. The number of hydrazone groups is 1. The maximum atomic E-state index is 13.2. The second kappa shape index (κ2) is 8.27. The summed E-state index contributed by atoms with van der Waals surface area (Å²) in [6, 6.07) is 3.57. The van der Waals surface area contributed by atoms with Gasteiger partial charge in [0, 0.05) is 38.8 Å². The van der Waals surface area contributed by atoms with E-state index in [1.807, 2.05) is 13.1 Å². The number of rotatable bonds is 3. The second-order valence-electron chi connectivity index (χ2n) is 6.58. The lowest BCUT2D eigenvalue weighted by Crippen LogP contribution is -2.49. The fraction of sp³-hybridized carbons (Fsp3) is 0.444. The highest BCUT2D eigenvalue weighted by molar-refractivity contribution is 6.03. The van der Waals surface area contributed by atoms with Gasteiger partial charge < -0.3 is 10.2 Å². The lowest BCUT2D eigenvalue weighted by atomic mass is 10.0. The molecule has 6 nitrogen and oxygen atoms in total. The third-order valence-corrected chi connectivity index (χ3v) is 4.46. The molecule has 2 aliphatic heterocycles. The van der Waals surface area contributed by atoms with Crippen LogP contribution in [-0.2, 0) is 6.54 Å². The summed E-state index contributed by atoms with van der Waals surface area (Å²) in [7, 11) is 1.84. The number of nitrogens with zero attached hydrogens (tertiary/aromatic N) is 3. The number of halogens is 2.